The lowest BCUT2D eigenvalue weighted by molar-refractivity contribution is 0.0501. The fourth-order valence-corrected chi connectivity index (χ4v) is 2.61. The predicted octanol–water partition coefficient (Wildman–Crippen LogP) is 2.30. The Hall–Kier alpha value is -1.75. The average molecular weight is 291 g/mol. The number of aliphatic hydroxyl groups is 1. The highest BCUT2D eigenvalue weighted by atomic mass is 16.3. The highest BCUT2D eigenvalue weighted by molar-refractivity contribution is 5.90. The summed E-state index contributed by atoms with van der Waals surface area (Å²) in [5, 5.41) is 12.8. The summed E-state index contributed by atoms with van der Waals surface area (Å²) in [7, 11) is 2.06. The Morgan fingerprint density at radius 2 is 2.19 bits per heavy atom. The van der Waals surface area contributed by atoms with Crippen molar-refractivity contribution in [1.29, 1.82) is 0 Å². The number of nitrogens with zero attached hydrogens (tertiary/aromatic N) is 2. The number of fused-ring (bicyclic) bond motifs is 1. The Labute approximate surface area is 126 Å². The summed E-state index contributed by atoms with van der Waals surface area (Å²) < 4.78 is 0. The van der Waals surface area contributed by atoms with Crippen LogP contribution in [0.2, 0.25) is 0 Å². The summed E-state index contributed by atoms with van der Waals surface area (Å²) in [6.45, 7) is 7.19. The minimum atomic E-state index is -0.897. The molecule has 0 saturated heterocycles. The van der Waals surface area contributed by atoms with Gasteiger partial charge in [0.15, 0.2) is 0 Å². The number of hydrogen-bond donors (Lipinski definition) is 2. The Morgan fingerprint density at radius 3 is 2.81 bits per heavy atom. The molecule has 1 aliphatic heterocycles. The van der Waals surface area contributed by atoms with Gasteiger partial charge < -0.3 is 20.2 Å². The molecule has 1 heterocycles. The molecule has 5 nitrogen and oxygen atoms in total. The fourth-order valence-electron chi connectivity index (χ4n) is 2.61. The monoisotopic (exact) mass is 291 g/mol. The van der Waals surface area contributed by atoms with Gasteiger partial charge in [-0.1, -0.05) is 6.07 Å². The molecule has 2 N–H and O–H groups in total. The van der Waals surface area contributed by atoms with E-state index in [1.165, 1.54) is 11.3 Å². The summed E-state index contributed by atoms with van der Waals surface area (Å²) in [4.78, 5) is 16.1. The van der Waals surface area contributed by atoms with Crippen LogP contribution in [-0.4, -0.2) is 48.3 Å². The smallest absolute Gasteiger partial charge is 0.321 e. The molecule has 5 heteroatoms. The van der Waals surface area contributed by atoms with E-state index >= 15 is 0 Å². The maximum absolute atomic E-state index is 12.3. The van der Waals surface area contributed by atoms with Crippen LogP contribution < -0.4 is 10.2 Å². The Bertz CT molecular complexity index is 523. The van der Waals surface area contributed by atoms with E-state index in [0.717, 1.165) is 18.7 Å². The van der Waals surface area contributed by atoms with Gasteiger partial charge in [-0.25, -0.2) is 4.79 Å². The number of carbonyl (C=O) groups is 1. The zero-order valence-electron chi connectivity index (χ0n) is 13.3. The number of benzene rings is 1. The fraction of sp³-hybridized carbons (Fsp3) is 0.562. The van der Waals surface area contributed by atoms with E-state index in [1.807, 2.05) is 19.1 Å². The predicted molar refractivity (Wildman–Crippen MR) is 86.0 cm³/mol. The van der Waals surface area contributed by atoms with Gasteiger partial charge in [0.2, 0.25) is 0 Å². The average Bonchev–Trinajstić information content (AvgIpc) is 2.76. The van der Waals surface area contributed by atoms with Crippen LogP contribution in [0.4, 0.5) is 16.2 Å². The van der Waals surface area contributed by atoms with Gasteiger partial charge in [0.05, 0.1) is 12.1 Å². The summed E-state index contributed by atoms with van der Waals surface area (Å²) in [5.74, 6) is 0. The molecular weight excluding hydrogens is 266 g/mol. The van der Waals surface area contributed by atoms with E-state index in [-0.39, 0.29) is 6.03 Å². The van der Waals surface area contributed by atoms with Gasteiger partial charge in [-0.3, -0.25) is 0 Å². The molecule has 0 spiro atoms. The molecule has 0 fully saturated rings. The Balaban J connectivity index is 2.07. The van der Waals surface area contributed by atoms with E-state index < -0.39 is 5.60 Å². The molecule has 116 valence electrons. The minimum Gasteiger partial charge on any atom is -0.389 e. The van der Waals surface area contributed by atoms with Crippen molar-refractivity contribution >= 4 is 17.4 Å². The van der Waals surface area contributed by atoms with Gasteiger partial charge in [-0.2, -0.15) is 0 Å². The molecule has 2 amide bonds. The molecular formula is C16H25N3O2. The topological polar surface area (TPSA) is 55.8 Å². The van der Waals surface area contributed by atoms with E-state index in [2.05, 4.69) is 23.3 Å². The first-order chi connectivity index (χ1) is 9.80. The largest absolute Gasteiger partial charge is 0.389 e. The number of amides is 2. The van der Waals surface area contributed by atoms with Crippen LogP contribution >= 0.6 is 0 Å². The summed E-state index contributed by atoms with van der Waals surface area (Å²) in [6, 6.07) is 5.84. The molecule has 0 radical (unpaired) electrons. The number of anilines is 2. The lowest BCUT2D eigenvalue weighted by Gasteiger charge is -2.28. The van der Waals surface area contributed by atoms with Crippen molar-refractivity contribution in [1.82, 2.24) is 4.90 Å². The van der Waals surface area contributed by atoms with Crippen LogP contribution in [0.5, 0.6) is 0 Å². The third-order valence-electron chi connectivity index (χ3n) is 3.71. The van der Waals surface area contributed by atoms with Crippen molar-refractivity contribution in [2.45, 2.75) is 32.8 Å². The van der Waals surface area contributed by atoms with Gasteiger partial charge in [0, 0.05) is 31.5 Å². The second-order valence-corrected chi connectivity index (χ2v) is 6.27. The van der Waals surface area contributed by atoms with Crippen molar-refractivity contribution in [3.8, 4) is 0 Å². The maximum atomic E-state index is 12.3. The molecule has 1 aliphatic rings. The number of hydrogen-bond acceptors (Lipinski definition) is 3. The van der Waals surface area contributed by atoms with E-state index in [0.29, 0.717) is 13.1 Å². The second kappa shape index (κ2) is 5.93. The van der Waals surface area contributed by atoms with Crippen LogP contribution in [0.1, 0.15) is 26.3 Å². The first-order valence-corrected chi connectivity index (χ1v) is 7.42. The number of urea groups is 1. The van der Waals surface area contributed by atoms with E-state index in [1.54, 1.807) is 18.7 Å². The third kappa shape index (κ3) is 3.88. The summed E-state index contributed by atoms with van der Waals surface area (Å²) >= 11 is 0. The van der Waals surface area contributed by atoms with Crippen LogP contribution in [0.25, 0.3) is 0 Å². The molecule has 0 bridgehead atoms. The quantitative estimate of drug-likeness (QED) is 0.895. The number of nitrogens with one attached hydrogen (secondary N) is 1. The van der Waals surface area contributed by atoms with Crippen molar-refractivity contribution < 1.29 is 9.90 Å². The first kappa shape index (κ1) is 15.6. The van der Waals surface area contributed by atoms with Crippen LogP contribution in [0.15, 0.2) is 18.2 Å². The maximum Gasteiger partial charge on any atom is 0.321 e. The minimum absolute atomic E-state index is 0.180. The lowest BCUT2D eigenvalue weighted by Crippen LogP contribution is -2.44. The molecule has 0 saturated carbocycles. The number of rotatable bonds is 4. The number of likely N-dealkylation sites (N-methyl/N-ethyl adjacent to an activating group) is 2. The summed E-state index contributed by atoms with van der Waals surface area (Å²) in [5.41, 5.74) is 2.39. The van der Waals surface area contributed by atoms with Gasteiger partial charge in [-0.05, 0) is 44.9 Å². The van der Waals surface area contributed by atoms with Crippen molar-refractivity contribution in [3.63, 3.8) is 0 Å². The molecule has 2 rings (SSSR count). The Morgan fingerprint density at radius 1 is 1.48 bits per heavy atom. The van der Waals surface area contributed by atoms with E-state index in [4.69, 9.17) is 0 Å². The zero-order valence-corrected chi connectivity index (χ0v) is 13.3. The standard InChI is InChI=1S/C16H25N3O2/c1-5-19(11-16(2,3)21)15(20)17-13-7-6-12-8-9-18(4)14(12)10-13/h6-7,10,21H,5,8-9,11H2,1-4H3,(H,17,20). The van der Waals surface area contributed by atoms with Gasteiger partial charge in [-0.15, -0.1) is 0 Å². The van der Waals surface area contributed by atoms with Crippen LogP contribution in [0.3, 0.4) is 0 Å². The molecule has 0 aromatic heterocycles. The van der Waals surface area contributed by atoms with Gasteiger partial charge in [0.25, 0.3) is 0 Å². The molecule has 0 atom stereocenters. The molecule has 0 aliphatic carbocycles. The lowest BCUT2D eigenvalue weighted by atomic mass is 10.1. The molecule has 1 aromatic carbocycles. The van der Waals surface area contributed by atoms with Crippen LogP contribution in [0, 0.1) is 0 Å². The SMILES string of the molecule is CCN(CC(C)(C)O)C(=O)Nc1ccc2c(c1)N(C)CC2. The van der Waals surface area contributed by atoms with Crippen molar-refractivity contribution in [2.24, 2.45) is 0 Å². The molecule has 1 aromatic rings. The molecule has 21 heavy (non-hydrogen) atoms. The van der Waals surface area contributed by atoms with Crippen molar-refractivity contribution in [2.75, 3.05) is 36.9 Å². The van der Waals surface area contributed by atoms with E-state index in [9.17, 15) is 9.90 Å². The van der Waals surface area contributed by atoms with Crippen molar-refractivity contribution in [3.05, 3.63) is 23.8 Å². The second-order valence-electron chi connectivity index (χ2n) is 6.27. The van der Waals surface area contributed by atoms with Gasteiger partial charge >= 0.3 is 6.03 Å². The highest BCUT2D eigenvalue weighted by Gasteiger charge is 2.22. The van der Waals surface area contributed by atoms with Gasteiger partial charge in [0.1, 0.15) is 0 Å². The number of carbonyl (C=O) groups excluding carboxylic acids is 1. The Kier molecular flexibility index (Phi) is 4.42. The molecule has 0 unspecified atom stereocenters. The highest BCUT2D eigenvalue weighted by Crippen LogP contribution is 2.29. The zero-order chi connectivity index (χ0) is 15.6. The first-order valence-electron chi connectivity index (χ1n) is 7.42. The normalized spacial score (nSPS) is 14.0. The third-order valence-corrected chi connectivity index (χ3v) is 3.71. The van der Waals surface area contributed by atoms with Crippen LogP contribution in [-0.2, 0) is 6.42 Å². The summed E-state index contributed by atoms with van der Waals surface area (Å²) in [6.07, 6.45) is 1.06.